The number of carbonyl (C=O) groups is 2. The van der Waals surface area contributed by atoms with Crippen LogP contribution in [0.5, 0.6) is 0 Å². The van der Waals surface area contributed by atoms with E-state index in [2.05, 4.69) is 16.0 Å². The lowest BCUT2D eigenvalue weighted by Crippen LogP contribution is -2.39. The van der Waals surface area contributed by atoms with Crippen molar-refractivity contribution in [3.63, 3.8) is 0 Å². The fourth-order valence-electron chi connectivity index (χ4n) is 1.82. The van der Waals surface area contributed by atoms with Crippen LogP contribution in [0, 0.1) is 11.3 Å². The molecule has 0 spiro atoms. The molecule has 6 nitrogen and oxygen atoms in total. The fourth-order valence-corrected chi connectivity index (χ4v) is 1.82. The van der Waals surface area contributed by atoms with Crippen LogP contribution >= 0.6 is 12.4 Å². The minimum atomic E-state index is -0.434. The number of carbonyl (C=O) groups excluding carboxylic acids is 2. The van der Waals surface area contributed by atoms with Crippen LogP contribution in [0.4, 0.5) is 0 Å². The summed E-state index contributed by atoms with van der Waals surface area (Å²) in [5.74, 6) is -0.0860. The summed E-state index contributed by atoms with van der Waals surface area (Å²) in [7, 11) is 0. The van der Waals surface area contributed by atoms with Gasteiger partial charge in [-0.25, -0.2) is 0 Å². The third kappa shape index (κ3) is 6.54. The zero-order chi connectivity index (χ0) is 14.5. The first-order chi connectivity index (χ1) is 8.80. The van der Waals surface area contributed by atoms with Crippen LogP contribution in [0.2, 0.25) is 0 Å². The maximum absolute atomic E-state index is 11.6. The number of amides is 2. The third-order valence-electron chi connectivity index (χ3n) is 3.18. The van der Waals surface area contributed by atoms with Crippen molar-refractivity contribution in [1.82, 2.24) is 16.0 Å². The third-order valence-corrected chi connectivity index (χ3v) is 3.18. The van der Waals surface area contributed by atoms with E-state index in [0.29, 0.717) is 19.6 Å². The zero-order valence-electron chi connectivity index (χ0n) is 12.4. The van der Waals surface area contributed by atoms with Crippen LogP contribution in [-0.4, -0.2) is 49.2 Å². The molecule has 1 aliphatic heterocycles. The van der Waals surface area contributed by atoms with Crippen molar-refractivity contribution in [3.05, 3.63) is 0 Å². The second-order valence-electron chi connectivity index (χ2n) is 6.05. The topological polar surface area (TPSA) is 90.5 Å². The van der Waals surface area contributed by atoms with Crippen LogP contribution in [0.1, 0.15) is 27.2 Å². The van der Waals surface area contributed by atoms with Gasteiger partial charge in [-0.2, -0.15) is 0 Å². The van der Waals surface area contributed by atoms with Crippen molar-refractivity contribution in [1.29, 1.82) is 0 Å². The summed E-state index contributed by atoms with van der Waals surface area (Å²) in [6.07, 6.45) is -0.126. The molecule has 2 unspecified atom stereocenters. The molecule has 118 valence electrons. The number of hydrogen-bond donors (Lipinski definition) is 4. The lowest BCUT2D eigenvalue weighted by molar-refractivity contribution is -0.128. The van der Waals surface area contributed by atoms with E-state index in [1.54, 1.807) is 0 Å². The zero-order valence-corrected chi connectivity index (χ0v) is 13.2. The van der Waals surface area contributed by atoms with Gasteiger partial charge in [-0.15, -0.1) is 12.4 Å². The van der Waals surface area contributed by atoms with E-state index in [9.17, 15) is 14.7 Å². The Hall–Kier alpha value is -0.850. The molecular weight excluding hydrogens is 282 g/mol. The van der Waals surface area contributed by atoms with Gasteiger partial charge in [-0.05, 0) is 0 Å². The van der Waals surface area contributed by atoms with Crippen molar-refractivity contribution in [2.24, 2.45) is 11.3 Å². The molecule has 0 bridgehead atoms. The van der Waals surface area contributed by atoms with Crippen molar-refractivity contribution in [3.8, 4) is 0 Å². The molecule has 7 heteroatoms. The second kappa shape index (κ2) is 8.44. The number of aliphatic hydroxyl groups excluding tert-OH is 1. The Bertz CT molecular complexity index is 331. The van der Waals surface area contributed by atoms with Crippen LogP contribution in [0.25, 0.3) is 0 Å². The summed E-state index contributed by atoms with van der Waals surface area (Å²) in [4.78, 5) is 23.1. The Kier molecular flexibility index (Phi) is 8.08. The summed E-state index contributed by atoms with van der Waals surface area (Å²) in [5, 5.41) is 18.1. The van der Waals surface area contributed by atoms with Crippen LogP contribution in [0.15, 0.2) is 0 Å². The summed E-state index contributed by atoms with van der Waals surface area (Å²) in [6.45, 7) is 7.61. The molecule has 1 rings (SSSR count). The SMILES string of the molecule is CC(C)(C)C(=O)NCCC(=O)NCC1CNCC1O.Cl. The summed E-state index contributed by atoms with van der Waals surface area (Å²) in [5.41, 5.74) is -0.434. The molecule has 20 heavy (non-hydrogen) atoms. The van der Waals surface area contributed by atoms with E-state index in [4.69, 9.17) is 0 Å². The number of rotatable bonds is 5. The monoisotopic (exact) mass is 307 g/mol. The van der Waals surface area contributed by atoms with Crippen molar-refractivity contribution in [2.45, 2.75) is 33.3 Å². The van der Waals surface area contributed by atoms with Crippen molar-refractivity contribution < 1.29 is 14.7 Å². The van der Waals surface area contributed by atoms with Gasteiger partial charge in [-0.3, -0.25) is 9.59 Å². The summed E-state index contributed by atoms with van der Waals surface area (Å²) < 4.78 is 0. The number of hydrogen-bond acceptors (Lipinski definition) is 4. The molecule has 2 amide bonds. The Balaban J connectivity index is 0.00000361. The molecule has 1 fully saturated rings. The Morgan fingerprint density at radius 2 is 1.90 bits per heavy atom. The Morgan fingerprint density at radius 1 is 1.25 bits per heavy atom. The summed E-state index contributed by atoms with van der Waals surface area (Å²) in [6, 6.07) is 0. The summed E-state index contributed by atoms with van der Waals surface area (Å²) >= 11 is 0. The highest BCUT2D eigenvalue weighted by atomic mass is 35.5. The predicted octanol–water partition coefficient (Wildman–Crippen LogP) is -0.343. The van der Waals surface area contributed by atoms with E-state index in [-0.39, 0.29) is 42.7 Å². The molecule has 1 aliphatic rings. The maximum Gasteiger partial charge on any atom is 0.225 e. The molecule has 1 heterocycles. The standard InChI is InChI=1S/C13H25N3O3.ClH/c1-13(2,3)12(19)15-5-4-11(18)16-7-9-6-14-8-10(9)17;/h9-10,14,17H,4-8H2,1-3H3,(H,15,19)(H,16,18);1H. The number of aliphatic hydroxyl groups is 1. The highest BCUT2D eigenvalue weighted by molar-refractivity contribution is 5.85. The second-order valence-corrected chi connectivity index (χ2v) is 6.05. The van der Waals surface area contributed by atoms with E-state index in [0.717, 1.165) is 6.54 Å². The maximum atomic E-state index is 11.6. The minimum Gasteiger partial charge on any atom is -0.391 e. The van der Waals surface area contributed by atoms with Gasteiger partial charge < -0.3 is 21.1 Å². The highest BCUT2D eigenvalue weighted by Crippen LogP contribution is 2.12. The normalized spacial score (nSPS) is 22.0. The first kappa shape index (κ1) is 19.1. The molecule has 0 saturated carbocycles. The van der Waals surface area contributed by atoms with Gasteiger partial charge in [0.1, 0.15) is 0 Å². The van der Waals surface area contributed by atoms with E-state index < -0.39 is 5.41 Å². The lowest BCUT2D eigenvalue weighted by atomic mass is 9.96. The lowest BCUT2D eigenvalue weighted by Gasteiger charge is -2.18. The highest BCUT2D eigenvalue weighted by Gasteiger charge is 2.25. The van der Waals surface area contributed by atoms with Crippen LogP contribution in [-0.2, 0) is 9.59 Å². The van der Waals surface area contributed by atoms with Gasteiger partial charge in [-0.1, -0.05) is 20.8 Å². The quantitative estimate of drug-likeness (QED) is 0.559. The molecule has 2 atom stereocenters. The molecule has 0 radical (unpaired) electrons. The van der Waals surface area contributed by atoms with Gasteiger partial charge in [0, 0.05) is 43.9 Å². The molecule has 0 aromatic rings. The first-order valence-corrected chi connectivity index (χ1v) is 6.74. The van der Waals surface area contributed by atoms with Crippen molar-refractivity contribution >= 4 is 24.2 Å². The van der Waals surface area contributed by atoms with Gasteiger partial charge in [0.05, 0.1) is 6.10 Å². The predicted molar refractivity (Wildman–Crippen MR) is 79.7 cm³/mol. The van der Waals surface area contributed by atoms with Gasteiger partial charge in [0.2, 0.25) is 11.8 Å². The Morgan fingerprint density at radius 3 is 2.40 bits per heavy atom. The molecule has 4 N–H and O–H groups in total. The van der Waals surface area contributed by atoms with Crippen LogP contribution in [0.3, 0.4) is 0 Å². The average Bonchev–Trinajstić information content (AvgIpc) is 2.71. The Labute approximate surface area is 126 Å². The van der Waals surface area contributed by atoms with E-state index in [1.165, 1.54) is 0 Å². The van der Waals surface area contributed by atoms with E-state index >= 15 is 0 Å². The van der Waals surface area contributed by atoms with E-state index in [1.807, 2.05) is 20.8 Å². The molecular formula is C13H26ClN3O3. The smallest absolute Gasteiger partial charge is 0.225 e. The minimum absolute atomic E-state index is 0. The molecule has 0 aliphatic carbocycles. The molecule has 1 saturated heterocycles. The largest absolute Gasteiger partial charge is 0.391 e. The fraction of sp³-hybridized carbons (Fsp3) is 0.846. The number of nitrogens with one attached hydrogen (secondary N) is 3. The number of β-amino-alcohol motifs (C(OH)–C–C–N with tert-alkyl or cyclic N) is 1. The molecule has 0 aromatic heterocycles. The van der Waals surface area contributed by atoms with Gasteiger partial charge in [0.25, 0.3) is 0 Å². The van der Waals surface area contributed by atoms with Crippen molar-refractivity contribution in [2.75, 3.05) is 26.2 Å². The first-order valence-electron chi connectivity index (χ1n) is 6.74. The number of halogens is 1. The van der Waals surface area contributed by atoms with Gasteiger partial charge >= 0.3 is 0 Å². The van der Waals surface area contributed by atoms with Crippen LogP contribution < -0.4 is 16.0 Å². The van der Waals surface area contributed by atoms with Gasteiger partial charge in [0.15, 0.2) is 0 Å². The molecule has 0 aromatic carbocycles. The average molecular weight is 308 g/mol.